The van der Waals surface area contributed by atoms with Gasteiger partial charge in [-0.1, -0.05) is 265 Å². The molecule has 0 N–H and O–H groups in total. The van der Waals surface area contributed by atoms with Gasteiger partial charge in [-0.25, -0.2) is 0 Å². The van der Waals surface area contributed by atoms with E-state index in [4.69, 9.17) is 14.2 Å². The maximum absolute atomic E-state index is 12.8. The molecule has 0 bridgehead atoms. The fraction of sp³-hybridized carbons (Fsp3) is 0.677. The maximum Gasteiger partial charge on any atom is 0.306 e. The van der Waals surface area contributed by atoms with Crippen molar-refractivity contribution in [2.45, 2.75) is 271 Å². The molecule has 0 aliphatic rings. The van der Waals surface area contributed by atoms with Crippen LogP contribution < -0.4 is 0 Å². The van der Waals surface area contributed by atoms with Gasteiger partial charge < -0.3 is 14.2 Å². The zero-order valence-electron chi connectivity index (χ0n) is 46.2. The van der Waals surface area contributed by atoms with Crippen LogP contribution in [-0.2, 0) is 28.6 Å². The van der Waals surface area contributed by atoms with E-state index in [2.05, 4.69) is 130 Å². The first-order chi connectivity index (χ1) is 35.0. The van der Waals surface area contributed by atoms with Gasteiger partial charge in [0.2, 0.25) is 0 Å². The van der Waals surface area contributed by atoms with Gasteiger partial charge in [-0.05, 0) is 89.9 Å². The lowest BCUT2D eigenvalue weighted by Crippen LogP contribution is -2.30. The highest BCUT2D eigenvalue weighted by Gasteiger charge is 2.19. The lowest BCUT2D eigenvalue weighted by atomic mass is 10.1. The van der Waals surface area contributed by atoms with Crippen LogP contribution in [0.3, 0.4) is 0 Å². The predicted molar refractivity (Wildman–Crippen MR) is 307 cm³/mol. The number of unbranched alkanes of at least 4 members (excludes halogenated alkanes) is 23. The Morgan fingerprint density at radius 1 is 0.296 bits per heavy atom. The number of hydrogen-bond donors (Lipinski definition) is 0. The monoisotopic (exact) mass is 985 g/mol. The Balaban J connectivity index is 4.19. The van der Waals surface area contributed by atoms with Crippen LogP contribution in [0, 0.1) is 0 Å². The van der Waals surface area contributed by atoms with Crippen LogP contribution in [0.5, 0.6) is 0 Å². The molecule has 1 unspecified atom stereocenters. The maximum atomic E-state index is 12.8. The second-order valence-electron chi connectivity index (χ2n) is 19.2. The van der Waals surface area contributed by atoms with E-state index in [1.165, 1.54) is 89.9 Å². The van der Waals surface area contributed by atoms with E-state index in [1.807, 2.05) is 0 Å². The molecule has 6 heteroatoms. The third kappa shape index (κ3) is 56.9. The second kappa shape index (κ2) is 58.6. The average molecular weight is 986 g/mol. The molecule has 0 amide bonds. The molecule has 0 aromatic carbocycles. The molecule has 0 radical (unpaired) electrons. The van der Waals surface area contributed by atoms with Crippen molar-refractivity contribution < 1.29 is 28.6 Å². The highest BCUT2D eigenvalue weighted by molar-refractivity contribution is 5.71. The second-order valence-corrected chi connectivity index (χ2v) is 19.2. The third-order valence-electron chi connectivity index (χ3n) is 12.3. The van der Waals surface area contributed by atoms with Gasteiger partial charge in [-0.15, -0.1) is 0 Å². The quantitative estimate of drug-likeness (QED) is 0.0261. The molecule has 0 heterocycles. The van der Waals surface area contributed by atoms with Crippen LogP contribution in [0.4, 0.5) is 0 Å². The van der Waals surface area contributed by atoms with Gasteiger partial charge in [0.15, 0.2) is 6.10 Å². The van der Waals surface area contributed by atoms with Gasteiger partial charge in [0.25, 0.3) is 0 Å². The largest absolute Gasteiger partial charge is 0.462 e. The van der Waals surface area contributed by atoms with Gasteiger partial charge in [0.05, 0.1) is 0 Å². The summed E-state index contributed by atoms with van der Waals surface area (Å²) >= 11 is 0. The first-order valence-corrected chi connectivity index (χ1v) is 29.4. The van der Waals surface area contributed by atoms with Crippen molar-refractivity contribution >= 4 is 17.9 Å². The molecule has 0 saturated carbocycles. The highest BCUT2D eigenvalue weighted by atomic mass is 16.6. The smallest absolute Gasteiger partial charge is 0.306 e. The minimum atomic E-state index is -0.781. The molecule has 0 aliphatic carbocycles. The van der Waals surface area contributed by atoms with E-state index in [1.54, 1.807) is 0 Å². The topological polar surface area (TPSA) is 78.9 Å². The van der Waals surface area contributed by atoms with E-state index in [0.717, 1.165) is 135 Å². The number of rotatable bonds is 52. The minimum absolute atomic E-state index is 0.0814. The summed E-state index contributed by atoms with van der Waals surface area (Å²) in [5.74, 6) is -0.904. The molecular weight excluding hydrogens is 877 g/mol. The average Bonchev–Trinajstić information content (AvgIpc) is 3.37. The summed E-state index contributed by atoms with van der Waals surface area (Å²) in [6.07, 6.45) is 79.6. The van der Waals surface area contributed by atoms with Crippen LogP contribution in [0.25, 0.3) is 0 Å². The summed E-state index contributed by atoms with van der Waals surface area (Å²) in [6, 6.07) is 0. The molecular formula is C65H108O6. The Hall–Kier alpha value is -3.93. The van der Waals surface area contributed by atoms with E-state index in [-0.39, 0.29) is 31.1 Å². The molecule has 0 rings (SSSR count). The van der Waals surface area contributed by atoms with Gasteiger partial charge in [0.1, 0.15) is 13.2 Å². The first kappa shape index (κ1) is 67.1. The molecule has 0 aliphatic heterocycles. The summed E-state index contributed by atoms with van der Waals surface area (Å²) in [4.78, 5) is 37.9. The number of carbonyl (C=O) groups is 3. The van der Waals surface area contributed by atoms with E-state index < -0.39 is 6.10 Å². The zero-order valence-corrected chi connectivity index (χ0v) is 46.2. The zero-order chi connectivity index (χ0) is 51.4. The summed E-state index contributed by atoms with van der Waals surface area (Å²) in [5.41, 5.74) is 0. The molecule has 0 spiro atoms. The number of hydrogen-bond acceptors (Lipinski definition) is 6. The third-order valence-corrected chi connectivity index (χ3v) is 12.3. The SMILES string of the molecule is CC/C=C\C/C=C\C/C=C\C/C=C\C/C=C\C/C=C\C/C=C\C/C=C\C/C=C\CCCCCCCC(=O)OCC(COC(=O)CCCCCCCCCCC)OC(=O)CCCCCCCCCCCCC. The van der Waals surface area contributed by atoms with Crippen LogP contribution in [0.15, 0.2) is 109 Å². The highest BCUT2D eigenvalue weighted by Crippen LogP contribution is 2.15. The Kier molecular flexibility index (Phi) is 55.4. The fourth-order valence-corrected chi connectivity index (χ4v) is 7.91. The van der Waals surface area contributed by atoms with Crippen molar-refractivity contribution in [3.05, 3.63) is 109 Å². The molecule has 404 valence electrons. The van der Waals surface area contributed by atoms with Crippen LogP contribution in [-0.4, -0.2) is 37.2 Å². The van der Waals surface area contributed by atoms with E-state index >= 15 is 0 Å². The summed E-state index contributed by atoms with van der Waals surface area (Å²) in [5, 5.41) is 0. The van der Waals surface area contributed by atoms with Crippen molar-refractivity contribution in [2.24, 2.45) is 0 Å². The number of ether oxygens (including phenoxy) is 3. The Morgan fingerprint density at radius 2 is 0.549 bits per heavy atom. The molecule has 0 aromatic heterocycles. The molecule has 0 fully saturated rings. The minimum Gasteiger partial charge on any atom is -0.462 e. The summed E-state index contributed by atoms with van der Waals surface area (Å²) in [6.45, 7) is 6.48. The summed E-state index contributed by atoms with van der Waals surface area (Å²) in [7, 11) is 0. The Labute approximate surface area is 438 Å². The normalized spacial score (nSPS) is 12.9. The molecule has 71 heavy (non-hydrogen) atoms. The number of allylic oxidation sites excluding steroid dienone is 18. The Morgan fingerprint density at radius 3 is 0.859 bits per heavy atom. The number of esters is 3. The first-order valence-electron chi connectivity index (χ1n) is 29.4. The Bertz CT molecular complexity index is 1460. The van der Waals surface area contributed by atoms with Gasteiger partial charge >= 0.3 is 17.9 Å². The fourth-order valence-electron chi connectivity index (χ4n) is 7.91. The number of carbonyl (C=O) groups excluding carboxylic acids is 3. The summed E-state index contributed by atoms with van der Waals surface area (Å²) < 4.78 is 16.8. The lowest BCUT2D eigenvalue weighted by Gasteiger charge is -2.18. The molecule has 0 saturated heterocycles. The van der Waals surface area contributed by atoms with Crippen LogP contribution in [0.2, 0.25) is 0 Å². The molecule has 1 atom stereocenters. The van der Waals surface area contributed by atoms with Crippen LogP contribution in [0.1, 0.15) is 265 Å². The van der Waals surface area contributed by atoms with Crippen molar-refractivity contribution in [1.29, 1.82) is 0 Å². The van der Waals surface area contributed by atoms with E-state index in [9.17, 15) is 14.4 Å². The van der Waals surface area contributed by atoms with Gasteiger partial charge in [0, 0.05) is 19.3 Å². The van der Waals surface area contributed by atoms with E-state index in [0.29, 0.717) is 19.3 Å². The van der Waals surface area contributed by atoms with Crippen molar-refractivity contribution in [1.82, 2.24) is 0 Å². The standard InChI is InChI=1S/C65H108O6/c1-4-7-10-13-16-19-21-22-23-24-25-26-27-28-29-30-31-32-33-34-35-36-37-38-39-40-41-42-44-46-49-52-55-58-64(67)70-61-62(60-69-63(66)57-54-51-48-45-18-15-12-9-6-3)71-65(68)59-56-53-50-47-43-20-17-14-11-8-5-2/h7,10,16,19,22-23,25-26,28-29,31-32,34-35,37-38,40-41,62H,4-6,8-9,11-15,17-18,20-21,24,27,30,33,36,39,42-61H2,1-3H3/b10-7-,19-16-,23-22-,26-25-,29-28-,32-31-,35-34-,38-37-,41-40-. The predicted octanol–water partition coefficient (Wildman–Crippen LogP) is 19.9. The van der Waals surface area contributed by atoms with Crippen molar-refractivity contribution in [3.63, 3.8) is 0 Å². The van der Waals surface area contributed by atoms with Crippen molar-refractivity contribution in [3.8, 4) is 0 Å². The molecule has 6 nitrogen and oxygen atoms in total. The van der Waals surface area contributed by atoms with Crippen molar-refractivity contribution in [2.75, 3.05) is 13.2 Å². The lowest BCUT2D eigenvalue weighted by molar-refractivity contribution is -0.167. The van der Waals surface area contributed by atoms with Crippen LogP contribution >= 0.6 is 0 Å². The van der Waals surface area contributed by atoms with Gasteiger partial charge in [-0.3, -0.25) is 14.4 Å². The van der Waals surface area contributed by atoms with Gasteiger partial charge in [-0.2, -0.15) is 0 Å². The molecule has 0 aromatic rings.